The van der Waals surface area contributed by atoms with E-state index >= 15 is 0 Å². The monoisotopic (exact) mass is 488 g/mol. The van der Waals surface area contributed by atoms with Crippen molar-refractivity contribution in [2.24, 2.45) is 11.1 Å². The molecule has 1 heterocycles. The van der Waals surface area contributed by atoms with E-state index in [1.165, 1.54) is 0 Å². The molecule has 7 nitrogen and oxygen atoms in total. The van der Waals surface area contributed by atoms with Gasteiger partial charge in [-0.1, -0.05) is 67.8 Å². The van der Waals surface area contributed by atoms with Crippen LogP contribution in [0.25, 0.3) is 0 Å². The van der Waals surface area contributed by atoms with Crippen LogP contribution in [0.15, 0.2) is 54.6 Å². The summed E-state index contributed by atoms with van der Waals surface area (Å²) in [7, 11) is 0. The largest absolute Gasteiger partial charge is 0.489 e. The molecular formula is C29H36N4O3. The molecule has 36 heavy (non-hydrogen) atoms. The summed E-state index contributed by atoms with van der Waals surface area (Å²) in [6.45, 7) is 2.27. The van der Waals surface area contributed by atoms with Crippen molar-refractivity contribution in [2.45, 2.75) is 70.1 Å². The van der Waals surface area contributed by atoms with Crippen LogP contribution < -0.4 is 15.8 Å². The molecule has 1 atom stereocenters. The summed E-state index contributed by atoms with van der Waals surface area (Å²) in [4.78, 5) is 27.2. The molecule has 3 N–H and O–H groups in total. The fourth-order valence-electron chi connectivity index (χ4n) is 5.53. The molecule has 0 aromatic heterocycles. The molecule has 0 radical (unpaired) electrons. The Labute approximate surface area is 213 Å². The normalized spacial score (nSPS) is 21.4. The lowest BCUT2D eigenvalue weighted by Gasteiger charge is -2.34. The number of carbonyl (C=O) groups is 2. The Hall–Kier alpha value is -3.37. The Morgan fingerprint density at radius 3 is 2.47 bits per heavy atom. The Morgan fingerprint density at radius 1 is 1.03 bits per heavy atom. The molecule has 2 aromatic carbocycles. The van der Waals surface area contributed by atoms with Gasteiger partial charge in [0.25, 0.3) is 0 Å². The second-order valence-corrected chi connectivity index (χ2v) is 10.3. The molecule has 1 unspecified atom stereocenters. The molecule has 2 fully saturated rings. The maximum absolute atomic E-state index is 12.9. The lowest BCUT2D eigenvalue weighted by Crippen LogP contribution is -2.50. The van der Waals surface area contributed by atoms with E-state index in [4.69, 9.17) is 10.5 Å². The minimum absolute atomic E-state index is 0.184. The van der Waals surface area contributed by atoms with Gasteiger partial charge in [0.15, 0.2) is 0 Å². The van der Waals surface area contributed by atoms with E-state index < -0.39 is 11.0 Å². The standard InChI is InChI=1S/C29H36N4O3/c30-21-29(32-26(34)13-16-28(27(31)35)14-7-2-8-15-28)17-18-33(22-29)19-24-11-5-6-12-25(24)36-20-23-9-3-1-4-10-23/h1,3-6,9-12H,2,7-8,13-20,22H2,(H2,31,35)(H,32,34). The maximum atomic E-state index is 12.9. The zero-order chi connectivity index (χ0) is 25.4. The fourth-order valence-corrected chi connectivity index (χ4v) is 5.53. The highest BCUT2D eigenvalue weighted by atomic mass is 16.5. The molecule has 0 bridgehead atoms. The van der Waals surface area contributed by atoms with E-state index in [2.05, 4.69) is 16.3 Å². The third kappa shape index (κ3) is 6.24. The first kappa shape index (κ1) is 25.7. The van der Waals surface area contributed by atoms with Gasteiger partial charge in [-0.2, -0.15) is 5.26 Å². The molecule has 2 aliphatic rings. The number of para-hydroxylation sites is 1. The summed E-state index contributed by atoms with van der Waals surface area (Å²) in [6, 6.07) is 20.3. The Bertz CT molecular complexity index is 1090. The number of hydrogen-bond donors (Lipinski definition) is 2. The van der Waals surface area contributed by atoms with Crippen molar-refractivity contribution >= 4 is 11.8 Å². The minimum Gasteiger partial charge on any atom is -0.489 e. The third-order valence-electron chi connectivity index (χ3n) is 7.71. The first-order valence-electron chi connectivity index (χ1n) is 12.9. The van der Waals surface area contributed by atoms with Crippen LogP contribution in [0.4, 0.5) is 0 Å². The summed E-state index contributed by atoms with van der Waals surface area (Å²) in [6.07, 6.45) is 5.76. The van der Waals surface area contributed by atoms with Gasteiger partial charge >= 0.3 is 0 Å². The smallest absolute Gasteiger partial charge is 0.223 e. The highest BCUT2D eigenvalue weighted by Crippen LogP contribution is 2.40. The number of nitrogens with two attached hydrogens (primary N) is 1. The second kappa shape index (κ2) is 11.6. The fraction of sp³-hybridized carbons (Fsp3) is 0.483. The maximum Gasteiger partial charge on any atom is 0.223 e. The van der Waals surface area contributed by atoms with Crippen LogP contribution in [0.1, 0.15) is 62.5 Å². The van der Waals surface area contributed by atoms with E-state index in [9.17, 15) is 14.9 Å². The van der Waals surface area contributed by atoms with E-state index in [1.807, 2.05) is 54.6 Å². The van der Waals surface area contributed by atoms with Crippen molar-refractivity contribution in [3.63, 3.8) is 0 Å². The van der Waals surface area contributed by atoms with Crippen LogP contribution in [-0.4, -0.2) is 35.3 Å². The summed E-state index contributed by atoms with van der Waals surface area (Å²) in [5.41, 5.74) is 6.37. The van der Waals surface area contributed by atoms with Gasteiger partial charge in [0.1, 0.15) is 17.9 Å². The zero-order valence-corrected chi connectivity index (χ0v) is 20.9. The number of carbonyl (C=O) groups excluding carboxylic acids is 2. The number of nitrogens with one attached hydrogen (secondary N) is 1. The molecule has 1 aliphatic heterocycles. The van der Waals surface area contributed by atoms with E-state index in [-0.39, 0.29) is 18.2 Å². The number of ether oxygens (including phenoxy) is 1. The van der Waals surface area contributed by atoms with Crippen molar-refractivity contribution < 1.29 is 14.3 Å². The number of nitriles is 1. The van der Waals surface area contributed by atoms with Crippen molar-refractivity contribution in [3.8, 4) is 11.8 Å². The topological polar surface area (TPSA) is 108 Å². The number of primary amides is 1. The van der Waals surface area contributed by atoms with Crippen LogP contribution in [0.3, 0.4) is 0 Å². The predicted octanol–water partition coefficient (Wildman–Crippen LogP) is 4.07. The number of amides is 2. The van der Waals surface area contributed by atoms with Crippen molar-refractivity contribution in [3.05, 3.63) is 65.7 Å². The van der Waals surface area contributed by atoms with E-state index in [0.717, 1.165) is 49.0 Å². The quantitative estimate of drug-likeness (QED) is 0.524. The van der Waals surface area contributed by atoms with E-state index in [1.54, 1.807) is 0 Å². The Kier molecular flexibility index (Phi) is 8.27. The summed E-state index contributed by atoms with van der Waals surface area (Å²) in [5, 5.41) is 13.0. The molecule has 2 aromatic rings. The van der Waals surface area contributed by atoms with Crippen molar-refractivity contribution in [1.82, 2.24) is 10.2 Å². The molecule has 2 amide bonds. The molecular weight excluding hydrogens is 452 g/mol. The van der Waals surface area contributed by atoms with Gasteiger partial charge in [-0.15, -0.1) is 0 Å². The lowest BCUT2D eigenvalue weighted by atomic mass is 9.70. The average Bonchev–Trinajstić information content (AvgIpc) is 3.30. The van der Waals surface area contributed by atoms with Gasteiger partial charge in [-0.05, 0) is 37.3 Å². The van der Waals surface area contributed by atoms with Crippen LogP contribution in [-0.2, 0) is 22.7 Å². The van der Waals surface area contributed by atoms with Crippen molar-refractivity contribution in [1.29, 1.82) is 5.26 Å². The minimum atomic E-state index is -0.927. The third-order valence-corrected chi connectivity index (χ3v) is 7.71. The summed E-state index contributed by atoms with van der Waals surface area (Å²) < 4.78 is 6.10. The molecule has 0 spiro atoms. The zero-order valence-electron chi connectivity index (χ0n) is 20.9. The van der Waals surface area contributed by atoms with Gasteiger partial charge in [0.2, 0.25) is 11.8 Å². The van der Waals surface area contributed by atoms with Gasteiger partial charge in [0.05, 0.1) is 6.07 Å². The summed E-state index contributed by atoms with van der Waals surface area (Å²) in [5.74, 6) is 0.338. The Balaban J connectivity index is 1.33. The molecule has 1 aliphatic carbocycles. The SMILES string of the molecule is N#CC1(NC(=O)CCC2(C(N)=O)CCCCC2)CCN(Cc2ccccc2OCc2ccccc2)C1. The average molecular weight is 489 g/mol. The van der Waals surface area contributed by atoms with Gasteiger partial charge in [0, 0.05) is 37.0 Å². The van der Waals surface area contributed by atoms with Crippen LogP contribution >= 0.6 is 0 Å². The first-order chi connectivity index (χ1) is 17.4. The van der Waals surface area contributed by atoms with Gasteiger partial charge in [-0.3, -0.25) is 14.5 Å². The number of rotatable bonds is 10. The lowest BCUT2D eigenvalue weighted by molar-refractivity contribution is -0.131. The molecule has 1 saturated carbocycles. The highest BCUT2D eigenvalue weighted by molar-refractivity contribution is 5.83. The number of likely N-dealkylation sites (tertiary alicyclic amines) is 1. The van der Waals surface area contributed by atoms with Crippen LogP contribution in [0.5, 0.6) is 5.75 Å². The summed E-state index contributed by atoms with van der Waals surface area (Å²) >= 11 is 0. The van der Waals surface area contributed by atoms with Gasteiger partial charge < -0.3 is 15.8 Å². The van der Waals surface area contributed by atoms with Crippen molar-refractivity contribution in [2.75, 3.05) is 13.1 Å². The molecule has 4 rings (SSSR count). The predicted molar refractivity (Wildman–Crippen MR) is 138 cm³/mol. The molecule has 7 heteroatoms. The van der Waals surface area contributed by atoms with Crippen LogP contribution in [0, 0.1) is 16.7 Å². The first-order valence-corrected chi connectivity index (χ1v) is 12.9. The van der Waals surface area contributed by atoms with Gasteiger partial charge in [-0.25, -0.2) is 0 Å². The molecule has 190 valence electrons. The number of nitrogens with zero attached hydrogens (tertiary/aromatic N) is 2. The number of benzene rings is 2. The van der Waals surface area contributed by atoms with Crippen LogP contribution in [0.2, 0.25) is 0 Å². The highest BCUT2D eigenvalue weighted by Gasteiger charge is 2.41. The number of hydrogen-bond acceptors (Lipinski definition) is 5. The Morgan fingerprint density at radius 2 is 1.75 bits per heavy atom. The second-order valence-electron chi connectivity index (χ2n) is 10.3. The van der Waals surface area contributed by atoms with E-state index in [0.29, 0.717) is 39.1 Å². The molecule has 1 saturated heterocycles.